The fraction of sp³-hybridized carbons (Fsp3) is 0.208. The number of hydrogen-bond donors (Lipinski definition) is 1. The summed E-state index contributed by atoms with van der Waals surface area (Å²) in [5.74, 6) is 0.743. The molecule has 0 amide bonds. The van der Waals surface area contributed by atoms with Crippen LogP contribution in [0.15, 0.2) is 83.3 Å². The van der Waals surface area contributed by atoms with E-state index in [4.69, 9.17) is 4.74 Å². The smallest absolute Gasteiger partial charge is 0.320 e. The molecule has 2 atom stereocenters. The third kappa shape index (κ3) is 4.52. The molecule has 0 aliphatic carbocycles. The van der Waals surface area contributed by atoms with Crippen molar-refractivity contribution in [2.45, 2.75) is 24.9 Å². The molecule has 2 unspecified atom stereocenters. The maximum atomic E-state index is 11.9. The zero-order valence-electron chi connectivity index (χ0n) is 15.9. The van der Waals surface area contributed by atoms with Gasteiger partial charge in [0.25, 0.3) is 0 Å². The lowest BCUT2D eigenvalue weighted by molar-refractivity contribution is -0.142. The minimum Gasteiger partial charge on any atom is -0.480 e. The van der Waals surface area contributed by atoms with Crippen LogP contribution in [0.25, 0.3) is 0 Å². The van der Waals surface area contributed by atoms with E-state index in [2.05, 4.69) is 33.0 Å². The SMILES string of the molecule is O=C(O)C1CCCN1C(c1cccc(Br)c1)c1cccc(Oc2ccccc2)c1. The second-order valence-electron chi connectivity index (χ2n) is 7.18. The lowest BCUT2D eigenvalue weighted by atomic mass is 9.96. The molecule has 3 aromatic rings. The molecule has 0 spiro atoms. The Balaban J connectivity index is 1.73. The Morgan fingerprint density at radius 2 is 1.66 bits per heavy atom. The summed E-state index contributed by atoms with van der Waals surface area (Å²) in [6.07, 6.45) is 1.54. The van der Waals surface area contributed by atoms with Crippen molar-refractivity contribution in [2.75, 3.05) is 6.54 Å². The van der Waals surface area contributed by atoms with Crippen molar-refractivity contribution in [1.82, 2.24) is 4.90 Å². The van der Waals surface area contributed by atoms with Gasteiger partial charge >= 0.3 is 5.97 Å². The van der Waals surface area contributed by atoms with E-state index in [9.17, 15) is 9.90 Å². The van der Waals surface area contributed by atoms with E-state index in [1.807, 2.05) is 66.7 Å². The van der Waals surface area contributed by atoms with Crippen molar-refractivity contribution in [2.24, 2.45) is 0 Å². The number of nitrogens with zero attached hydrogens (tertiary/aromatic N) is 1. The van der Waals surface area contributed by atoms with Gasteiger partial charge in [-0.15, -0.1) is 0 Å². The summed E-state index contributed by atoms with van der Waals surface area (Å²) in [5, 5.41) is 9.75. The summed E-state index contributed by atoms with van der Waals surface area (Å²) in [7, 11) is 0. The van der Waals surface area contributed by atoms with Crippen LogP contribution in [0.4, 0.5) is 0 Å². The summed E-state index contributed by atoms with van der Waals surface area (Å²) in [5.41, 5.74) is 2.08. The second-order valence-corrected chi connectivity index (χ2v) is 8.09. The molecule has 1 aliphatic rings. The van der Waals surface area contributed by atoms with Crippen LogP contribution in [-0.2, 0) is 4.79 Å². The van der Waals surface area contributed by atoms with E-state index in [-0.39, 0.29) is 6.04 Å². The average molecular weight is 452 g/mol. The molecule has 0 aromatic heterocycles. The van der Waals surface area contributed by atoms with Crippen molar-refractivity contribution < 1.29 is 14.6 Å². The maximum Gasteiger partial charge on any atom is 0.320 e. The van der Waals surface area contributed by atoms with E-state index < -0.39 is 12.0 Å². The minimum atomic E-state index is -0.765. The third-order valence-corrected chi connectivity index (χ3v) is 5.72. The van der Waals surface area contributed by atoms with Crippen LogP contribution >= 0.6 is 15.9 Å². The van der Waals surface area contributed by atoms with Gasteiger partial charge in [-0.1, -0.05) is 58.4 Å². The van der Waals surface area contributed by atoms with Gasteiger partial charge in [0.05, 0.1) is 6.04 Å². The van der Waals surface area contributed by atoms with Crippen molar-refractivity contribution in [1.29, 1.82) is 0 Å². The lowest BCUT2D eigenvalue weighted by Gasteiger charge is -2.32. The first-order valence-electron chi connectivity index (χ1n) is 9.69. The summed E-state index contributed by atoms with van der Waals surface area (Å²) >= 11 is 3.55. The predicted octanol–water partition coefficient (Wildman–Crippen LogP) is 5.88. The maximum absolute atomic E-state index is 11.9. The Bertz CT molecular complexity index is 992. The Kier molecular flexibility index (Phi) is 5.97. The van der Waals surface area contributed by atoms with Gasteiger partial charge in [0.1, 0.15) is 17.5 Å². The minimum absolute atomic E-state index is 0.157. The summed E-state index contributed by atoms with van der Waals surface area (Å²) < 4.78 is 7.00. The number of rotatable bonds is 6. The van der Waals surface area contributed by atoms with E-state index in [1.54, 1.807) is 0 Å². The summed E-state index contributed by atoms with van der Waals surface area (Å²) in [6.45, 7) is 0.748. The lowest BCUT2D eigenvalue weighted by Crippen LogP contribution is -2.39. The standard InChI is InChI=1S/C24H22BrNO3/c25-19-9-4-7-17(15-19)23(26-14-6-13-22(26)24(27)28)18-8-5-12-21(16-18)29-20-10-2-1-3-11-20/h1-5,7-12,15-16,22-23H,6,13-14H2,(H,27,28). The number of carbonyl (C=O) groups is 1. The predicted molar refractivity (Wildman–Crippen MR) is 116 cm³/mol. The fourth-order valence-corrected chi connectivity index (χ4v) is 4.41. The van der Waals surface area contributed by atoms with Crippen LogP contribution < -0.4 is 4.74 Å². The number of hydrogen-bond acceptors (Lipinski definition) is 3. The van der Waals surface area contributed by atoms with Crippen molar-refractivity contribution >= 4 is 21.9 Å². The monoisotopic (exact) mass is 451 g/mol. The molecular weight excluding hydrogens is 430 g/mol. The van der Waals surface area contributed by atoms with Crippen molar-refractivity contribution in [3.05, 3.63) is 94.5 Å². The van der Waals surface area contributed by atoms with Crippen molar-refractivity contribution in [3.63, 3.8) is 0 Å². The van der Waals surface area contributed by atoms with Crippen molar-refractivity contribution in [3.8, 4) is 11.5 Å². The molecule has 3 aromatic carbocycles. The number of aliphatic carboxylic acids is 1. The quantitative estimate of drug-likeness (QED) is 0.508. The van der Waals surface area contributed by atoms with E-state index in [0.29, 0.717) is 6.42 Å². The van der Waals surface area contributed by atoms with Gasteiger partial charge in [0.15, 0.2) is 0 Å². The van der Waals surface area contributed by atoms with Crippen LogP contribution in [-0.4, -0.2) is 28.6 Å². The largest absolute Gasteiger partial charge is 0.480 e. The molecule has 0 bridgehead atoms. The molecule has 0 saturated carbocycles. The Morgan fingerprint density at radius 3 is 2.38 bits per heavy atom. The molecule has 1 N–H and O–H groups in total. The number of benzene rings is 3. The van der Waals surface area contributed by atoms with Crippen LogP contribution in [0.2, 0.25) is 0 Å². The molecule has 1 saturated heterocycles. The van der Waals surface area contributed by atoms with Crippen LogP contribution in [0.3, 0.4) is 0 Å². The molecular formula is C24H22BrNO3. The fourth-order valence-electron chi connectivity index (χ4n) is 3.99. The first kappa shape index (κ1) is 19.7. The van der Waals surface area contributed by atoms with Gasteiger partial charge in [-0.2, -0.15) is 0 Å². The number of likely N-dealkylation sites (tertiary alicyclic amines) is 1. The first-order valence-corrected chi connectivity index (χ1v) is 10.5. The first-order chi connectivity index (χ1) is 14.1. The zero-order valence-corrected chi connectivity index (χ0v) is 17.5. The van der Waals surface area contributed by atoms with Gasteiger partial charge in [-0.05, 0) is 60.4 Å². The highest BCUT2D eigenvalue weighted by Gasteiger charge is 2.37. The molecule has 5 heteroatoms. The molecule has 1 heterocycles. The van der Waals surface area contributed by atoms with E-state index in [0.717, 1.165) is 40.1 Å². The molecule has 4 nitrogen and oxygen atoms in total. The average Bonchev–Trinajstić information content (AvgIpc) is 3.19. The summed E-state index contributed by atoms with van der Waals surface area (Å²) in [6, 6.07) is 25.0. The zero-order chi connectivity index (χ0) is 20.2. The van der Waals surface area contributed by atoms with Crippen LogP contribution in [0.5, 0.6) is 11.5 Å². The molecule has 4 rings (SSSR count). The molecule has 29 heavy (non-hydrogen) atoms. The molecule has 148 valence electrons. The molecule has 1 aliphatic heterocycles. The van der Waals surface area contributed by atoms with Gasteiger partial charge in [-0.3, -0.25) is 9.69 Å². The van der Waals surface area contributed by atoms with Gasteiger partial charge in [-0.25, -0.2) is 0 Å². The molecule has 1 fully saturated rings. The summed E-state index contributed by atoms with van der Waals surface area (Å²) in [4.78, 5) is 14.0. The topological polar surface area (TPSA) is 49.8 Å². The molecule has 0 radical (unpaired) electrons. The third-order valence-electron chi connectivity index (χ3n) is 5.23. The van der Waals surface area contributed by atoms with E-state index in [1.165, 1.54) is 0 Å². The number of carboxylic acids is 1. The Labute approximate surface area is 178 Å². The number of halogens is 1. The van der Waals surface area contributed by atoms with Crippen LogP contribution in [0.1, 0.15) is 30.0 Å². The normalized spacial score (nSPS) is 17.8. The second kappa shape index (κ2) is 8.80. The Morgan fingerprint density at radius 1 is 0.966 bits per heavy atom. The Hall–Kier alpha value is -2.63. The number of para-hydroxylation sites is 1. The van der Waals surface area contributed by atoms with E-state index >= 15 is 0 Å². The highest BCUT2D eigenvalue weighted by atomic mass is 79.9. The number of ether oxygens (including phenoxy) is 1. The highest BCUT2D eigenvalue weighted by Crippen LogP contribution is 2.37. The van der Waals surface area contributed by atoms with Crippen LogP contribution in [0, 0.1) is 0 Å². The van der Waals surface area contributed by atoms with Gasteiger partial charge < -0.3 is 9.84 Å². The van der Waals surface area contributed by atoms with Gasteiger partial charge in [0.2, 0.25) is 0 Å². The van der Waals surface area contributed by atoms with Gasteiger partial charge in [0, 0.05) is 11.0 Å². The highest BCUT2D eigenvalue weighted by molar-refractivity contribution is 9.10. The number of carboxylic acid groups (broad SMARTS) is 1.